The van der Waals surface area contributed by atoms with Crippen molar-refractivity contribution < 1.29 is 18.4 Å². The van der Waals surface area contributed by atoms with Gasteiger partial charge in [-0.1, -0.05) is 24.2 Å². The van der Waals surface area contributed by atoms with Crippen LogP contribution in [0.4, 0.5) is 4.39 Å². The fraction of sp³-hybridized carbons (Fsp3) is 0.375. The molecule has 6 heteroatoms. The summed E-state index contributed by atoms with van der Waals surface area (Å²) >= 11 is 0. The van der Waals surface area contributed by atoms with Crippen LogP contribution < -0.4 is 0 Å². The second-order valence-electron chi connectivity index (χ2n) is 5.21. The molecule has 116 valence electrons. The van der Waals surface area contributed by atoms with E-state index < -0.39 is 5.82 Å². The smallest absolute Gasteiger partial charge is 0.276 e. The van der Waals surface area contributed by atoms with Gasteiger partial charge in [-0.15, -0.1) is 0 Å². The normalized spacial score (nSPS) is 18.5. The average Bonchev–Trinajstić information content (AvgIpc) is 3.04. The van der Waals surface area contributed by atoms with Gasteiger partial charge in [-0.2, -0.15) is 0 Å². The molecule has 2 aromatic rings. The molecule has 0 N–H and O–H groups in total. The zero-order chi connectivity index (χ0) is 15.5. The molecule has 1 saturated heterocycles. The molecule has 1 unspecified atom stereocenters. The third-order valence-electron chi connectivity index (χ3n) is 3.75. The fourth-order valence-corrected chi connectivity index (χ4v) is 2.48. The van der Waals surface area contributed by atoms with Crippen molar-refractivity contribution in [2.75, 3.05) is 19.7 Å². The maximum atomic E-state index is 13.7. The first-order chi connectivity index (χ1) is 10.7. The van der Waals surface area contributed by atoms with Gasteiger partial charge in [0.25, 0.3) is 5.91 Å². The Labute approximate surface area is 127 Å². The Bertz CT molecular complexity index is 671. The summed E-state index contributed by atoms with van der Waals surface area (Å²) in [4.78, 5) is 14.1. The van der Waals surface area contributed by atoms with Gasteiger partial charge >= 0.3 is 0 Å². The van der Waals surface area contributed by atoms with E-state index in [-0.39, 0.29) is 23.5 Å². The van der Waals surface area contributed by atoms with Crippen molar-refractivity contribution in [3.63, 3.8) is 0 Å². The van der Waals surface area contributed by atoms with Crippen LogP contribution in [-0.2, 0) is 4.74 Å². The molecular formula is C16H17FN2O3. The first-order valence-electron chi connectivity index (χ1n) is 7.31. The van der Waals surface area contributed by atoms with Gasteiger partial charge in [-0.3, -0.25) is 4.79 Å². The molecule has 0 saturated carbocycles. The Morgan fingerprint density at radius 1 is 1.45 bits per heavy atom. The SMILES string of the molecule is CCC1CN(C(=O)c2cc(-c3ccccc3F)on2)CCO1. The Morgan fingerprint density at radius 2 is 2.27 bits per heavy atom. The highest BCUT2D eigenvalue weighted by Crippen LogP contribution is 2.24. The van der Waals surface area contributed by atoms with Gasteiger partial charge in [0.05, 0.1) is 18.3 Å². The van der Waals surface area contributed by atoms with Crippen molar-refractivity contribution in [3.05, 3.63) is 41.8 Å². The molecule has 1 atom stereocenters. The molecule has 1 aliphatic heterocycles. The minimum absolute atomic E-state index is 0.0515. The number of nitrogens with zero attached hydrogens (tertiary/aromatic N) is 2. The molecule has 5 nitrogen and oxygen atoms in total. The standard InChI is InChI=1S/C16H17FN2O3/c1-2-11-10-19(7-8-21-11)16(20)14-9-15(22-18-14)12-5-3-4-6-13(12)17/h3-6,9,11H,2,7-8,10H2,1H3. The number of carbonyl (C=O) groups is 1. The predicted octanol–water partition coefficient (Wildman–Crippen LogP) is 2.73. The lowest BCUT2D eigenvalue weighted by Gasteiger charge is -2.31. The van der Waals surface area contributed by atoms with Crippen LogP contribution in [0, 0.1) is 5.82 Å². The van der Waals surface area contributed by atoms with E-state index in [1.807, 2.05) is 6.92 Å². The molecule has 1 aliphatic rings. The van der Waals surface area contributed by atoms with Crippen molar-refractivity contribution in [2.24, 2.45) is 0 Å². The van der Waals surface area contributed by atoms with E-state index in [1.54, 1.807) is 23.1 Å². The number of hydrogen-bond donors (Lipinski definition) is 0. The van der Waals surface area contributed by atoms with Crippen LogP contribution in [0.25, 0.3) is 11.3 Å². The molecular weight excluding hydrogens is 287 g/mol. The molecule has 2 heterocycles. The van der Waals surface area contributed by atoms with Crippen molar-refractivity contribution in [3.8, 4) is 11.3 Å². The summed E-state index contributed by atoms with van der Waals surface area (Å²) in [6.45, 7) is 3.60. The number of halogens is 1. The van der Waals surface area contributed by atoms with Gasteiger partial charge in [-0.05, 0) is 18.6 Å². The van der Waals surface area contributed by atoms with Crippen molar-refractivity contribution in [2.45, 2.75) is 19.4 Å². The van der Waals surface area contributed by atoms with Crippen molar-refractivity contribution >= 4 is 5.91 Å². The lowest BCUT2D eigenvalue weighted by Crippen LogP contribution is -2.45. The summed E-state index contributed by atoms with van der Waals surface area (Å²) in [5.41, 5.74) is 0.484. The number of aromatic nitrogens is 1. The predicted molar refractivity (Wildman–Crippen MR) is 77.8 cm³/mol. The highest BCUT2D eigenvalue weighted by molar-refractivity contribution is 5.93. The van der Waals surface area contributed by atoms with E-state index in [9.17, 15) is 9.18 Å². The summed E-state index contributed by atoms with van der Waals surface area (Å²) in [7, 11) is 0. The van der Waals surface area contributed by atoms with Gasteiger partial charge in [-0.25, -0.2) is 4.39 Å². The van der Waals surface area contributed by atoms with Gasteiger partial charge < -0.3 is 14.2 Å². The molecule has 22 heavy (non-hydrogen) atoms. The maximum absolute atomic E-state index is 13.7. The zero-order valence-corrected chi connectivity index (χ0v) is 12.3. The first-order valence-corrected chi connectivity index (χ1v) is 7.31. The molecule has 0 radical (unpaired) electrons. The van der Waals surface area contributed by atoms with Crippen molar-refractivity contribution in [1.82, 2.24) is 10.1 Å². The number of morpholine rings is 1. The minimum Gasteiger partial charge on any atom is -0.375 e. The number of hydrogen-bond acceptors (Lipinski definition) is 4. The number of amides is 1. The quantitative estimate of drug-likeness (QED) is 0.875. The van der Waals surface area contributed by atoms with Crippen LogP contribution in [-0.4, -0.2) is 41.8 Å². The summed E-state index contributed by atoms with van der Waals surface area (Å²) < 4.78 is 24.4. The lowest BCUT2D eigenvalue weighted by atomic mass is 10.1. The molecule has 1 fully saturated rings. The Hall–Kier alpha value is -2.21. The van der Waals surface area contributed by atoms with Crippen LogP contribution in [0.1, 0.15) is 23.8 Å². The molecule has 1 aromatic carbocycles. The summed E-state index contributed by atoms with van der Waals surface area (Å²) in [5.74, 6) is -0.370. The highest BCUT2D eigenvalue weighted by atomic mass is 19.1. The molecule has 1 aromatic heterocycles. The maximum Gasteiger partial charge on any atom is 0.276 e. The second-order valence-corrected chi connectivity index (χ2v) is 5.21. The van der Waals surface area contributed by atoms with E-state index in [0.29, 0.717) is 25.3 Å². The lowest BCUT2D eigenvalue weighted by molar-refractivity contribution is -0.0229. The molecule has 0 bridgehead atoms. The fourth-order valence-electron chi connectivity index (χ4n) is 2.48. The summed E-state index contributed by atoms with van der Waals surface area (Å²) in [6.07, 6.45) is 0.902. The number of rotatable bonds is 3. The average molecular weight is 304 g/mol. The number of carbonyl (C=O) groups excluding carboxylic acids is 1. The van der Waals surface area contributed by atoms with E-state index in [0.717, 1.165) is 6.42 Å². The Balaban J connectivity index is 1.79. The van der Waals surface area contributed by atoms with Crippen LogP contribution in [0.2, 0.25) is 0 Å². The van der Waals surface area contributed by atoms with E-state index in [2.05, 4.69) is 5.16 Å². The Morgan fingerprint density at radius 3 is 3.05 bits per heavy atom. The summed E-state index contributed by atoms with van der Waals surface area (Å²) in [5, 5.41) is 3.79. The molecule has 3 rings (SSSR count). The molecule has 1 amide bonds. The minimum atomic E-state index is -0.407. The van der Waals surface area contributed by atoms with Gasteiger partial charge in [0.15, 0.2) is 11.5 Å². The summed E-state index contributed by atoms with van der Waals surface area (Å²) in [6, 6.07) is 7.71. The molecule has 0 aliphatic carbocycles. The van der Waals surface area contributed by atoms with Crippen LogP contribution in [0.15, 0.2) is 34.9 Å². The van der Waals surface area contributed by atoms with E-state index in [4.69, 9.17) is 9.26 Å². The van der Waals surface area contributed by atoms with Gasteiger partial charge in [0, 0.05) is 19.2 Å². The monoisotopic (exact) mass is 304 g/mol. The Kier molecular flexibility index (Phi) is 4.20. The first kappa shape index (κ1) is 14.7. The van der Waals surface area contributed by atoms with E-state index >= 15 is 0 Å². The third-order valence-corrected chi connectivity index (χ3v) is 3.75. The number of ether oxygens (including phenoxy) is 1. The van der Waals surface area contributed by atoms with E-state index in [1.165, 1.54) is 12.1 Å². The van der Waals surface area contributed by atoms with Crippen molar-refractivity contribution in [1.29, 1.82) is 0 Å². The zero-order valence-electron chi connectivity index (χ0n) is 12.3. The van der Waals surface area contributed by atoms with Crippen LogP contribution in [0.5, 0.6) is 0 Å². The van der Waals surface area contributed by atoms with Crippen LogP contribution >= 0.6 is 0 Å². The van der Waals surface area contributed by atoms with Gasteiger partial charge in [0.2, 0.25) is 0 Å². The van der Waals surface area contributed by atoms with Gasteiger partial charge in [0.1, 0.15) is 5.82 Å². The second kappa shape index (κ2) is 6.27. The van der Waals surface area contributed by atoms with Crippen LogP contribution in [0.3, 0.4) is 0 Å². The largest absolute Gasteiger partial charge is 0.375 e. The molecule has 0 spiro atoms. The highest BCUT2D eigenvalue weighted by Gasteiger charge is 2.26. The number of benzene rings is 1. The topological polar surface area (TPSA) is 55.6 Å². The third kappa shape index (κ3) is 2.87.